The summed E-state index contributed by atoms with van der Waals surface area (Å²) in [7, 11) is 0. The van der Waals surface area contributed by atoms with Crippen LogP contribution in [-0.2, 0) is 9.53 Å². The monoisotopic (exact) mass is 613 g/mol. The average molecular weight is 616 g/mol. The Morgan fingerprint density at radius 2 is 2.00 bits per heavy atom. The van der Waals surface area contributed by atoms with Gasteiger partial charge in [0.2, 0.25) is 0 Å². The summed E-state index contributed by atoms with van der Waals surface area (Å²) in [6.07, 6.45) is 1.20. The van der Waals surface area contributed by atoms with Gasteiger partial charge in [-0.2, -0.15) is 9.78 Å². The van der Waals surface area contributed by atoms with Gasteiger partial charge in [-0.1, -0.05) is 27.5 Å². The maximum atomic E-state index is 13.0. The smallest absolute Gasteiger partial charge is 0.344 e. The number of ether oxygens (including phenoxy) is 3. The van der Waals surface area contributed by atoms with E-state index in [1.54, 1.807) is 39.0 Å². The minimum absolute atomic E-state index is 0.189. The zero-order valence-electron chi connectivity index (χ0n) is 18.9. The molecular formula is C23H22Br2ClN3O5. The van der Waals surface area contributed by atoms with Crippen LogP contribution >= 0.6 is 43.5 Å². The van der Waals surface area contributed by atoms with Crippen LogP contribution in [-0.4, -0.2) is 41.2 Å². The summed E-state index contributed by atoms with van der Waals surface area (Å²) in [5, 5.41) is 4.96. The quantitative estimate of drug-likeness (QED) is 0.246. The van der Waals surface area contributed by atoms with Gasteiger partial charge in [0.1, 0.15) is 10.8 Å². The molecule has 0 saturated heterocycles. The molecule has 3 rings (SSSR count). The Hall–Kier alpha value is -2.43. The standard InChI is InChI=1S/C23H22Br2ClN3O5/c1-5-32-18-8-14(20(25)21(26)22(18)33-11-19(30)34-12(2)3)10-27-29-13(4)28-17-7-6-15(24)9-16(17)23(29)31/h6-10,12H,5,11H2,1-4H3. The summed E-state index contributed by atoms with van der Waals surface area (Å²) >= 11 is 13.3. The van der Waals surface area contributed by atoms with Gasteiger partial charge in [0, 0.05) is 14.5 Å². The Morgan fingerprint density at radius 3 is 2.68 bits per heavy atom. The van der Waals surface area contributed by atoms with Crippen LogP contribution in [0.15, 0.2) is 43.1 Å². The van der Waals surface area contributed by atoms with Crippen LogP contribution in [0.3, 0.4) is 0 Å². The Morgan fingerprint density at radius 1 is 1.26 bits per heavy atom. The van der Waals surface area contributed by atoms with Crippen LogP contribution in [0.5, 0.6) is 11.5 Å². The highest BCUT2D eigenvalue weighted by Gasteiger charge is 2.19. The van der Waals surface area contributed by atoms with E-state index in [1.807, 2.05) is 13.0 Å². The van der Waals surface area contributed by atoms with Gasteiger partial charge >= 0.3 is 5.97 Å². The number of esters is 1. The molecule has 0 aliphatic heterocycles. The molecule has 1 heterocycles. The van der Waals surface area contributed by atoms with E-state index in [-0.39, 0.29) is 29.0 Å². The van der Waals surface area contributed by atoms with Crippen molar-refractivity contribution >= 4 is 66.5 Å². The average Bonchev–Trinajstić information content (AvgIpc) is 2.76. The minimum Gasteiger partial charge on any atom is -0.490 e. The first kappa shape index (κ1) is 26.2. The maximum absolute atomic E-state index is 13.0. The van der Waals surface area contributed by atoms with E-state index in [9.17, 15) is 9.59 Å². The lowest BCUT2D eigenvalue weighted by molar-refractivity contribution is -0.149. The van der Waals surface area contributed by atoms with Crippen molar-refractivity contribution in [3.05, 3.63) is 60.0 Å². The van der Waals surface area contributed by atoms with Crippen LogP contribution in [0.2, 0.25) is 5.02 Å². The predicted molar refractivity (Wildman–Crippen MR) is 138 cm³/mol. The summed E-state index contributed by atoms with van der Waals surface area (Å²) in [6, 6.07) is 6.94. The van der Waals surface area contributed by atoms with Crippen LogP contribution in [0.1, 0.15) is 32.2 Å². The molecule has 0 amide bonds. The van der Waals surface area contributed by atoms with Gasteiger partial charge in [-0.3, -0.25) is 4.79 Å². The molecule has 3 aromatic rings. The van der Waals surface area contributed by atoms with E-state index in [2.05, 4.69) is 41.9 Å². The Labute approximate surface area is 218 Å². The molecule has 0 radical (unpaired) electrons. The lowest BCUT2D eigenvalue weighted by Crippen LogP contribution is -2.20. The van der Waals surface area contributed by atoms with E-state index in [4.69, 9.17) is 25.8 Å². The molecule has 0 saturated carbocycles. The number of nitrogens with zero attached hydrogens (tertiary/aromatic N) is 3. The van der Waals surface area contributed by atoms with Crippen molar-refractivity contribution in [1.29, 1.82) is 0 Å². The van der Waals surface area contributed by atoms with Crippen LogP contribution < -0.4 is 15.0 Å². The van der Waals surface area contributed by atoms with E-state index >= 15 is 0 Å². The number of halogens is 3. The van der Waals surface area contributed by atoms with Crippen LogP contribution in [0, 0.1) is 6.92 Å². The fraction of sp³-hybridized carbons (Fsp3) is 0.304. The van der Waals surface area contributed by atoms with Crippen molar-refractivity contribution in [2.24, 2.45) is 5.10 Å². The van der Waals surface area contributed by atoms with Gasteiger partial charge < -0.3 is 14.2 Å². The second-order valence-electron chi connectivity index (χ2n) is 7.36. The molecule has 0 N–H and O–H groups in total. The number of aromatic nitrogens is 2. The van der Waals surface area contributed by atoms with E-state index in [0.29, 0.717) is 39.1 Å². The molecule has 1 aromatic heterocycles. The van der Waals surface area contributed by atoms with Crippen LogP contribution in [0.25, 0.3) is 10.9 Å². The molecule has 0 atom stereocenters. The second-order valence-corrected chi connectivity index (χ2v) is 9.45. The third kappa shape index (κ3) is 5.97. The first-order valence-electron chi connectivity index (χ1n) is 10.3. The molecule has 8 nitrogen and oxygen atoms in total. The molecule has 34 heavy (non-hydrogen) atoms. The first-order valence-corrected chi connectivity index (χ1v) is 12.3. The van der Waals surface area contributed by atoms with Gasteiger partial charge in [-0.05, 0) is 67.9 Å². The number of carbonyl (C=O) groups excluding carboxylic acids is 1. The van der Waals surface area contributed by atoms with Crippen molar-refractivity contribution in [2.75, 3.05) is 13.2 Å². The number of aryl methyl sites for hydroxylation is 1. The number of hydrogen-bond donors (Lipinski definition) is 0. The lowest BCUT2D eigenvalue weighted by atomic mass is 10.2. The van der Waals surface area contributed by atoms with Gasteiger partial charge in [-0.15, -0.1) is 0 Å². The van der Waals surface area contributed by atoms with Crippen molar-refractivity contribution < 1.29 is 19.0 Å². The zero-order valence-corrected chi connectivity index (χ0v) is 22.8. The molecule has 0 fully saturated rings. The second kappa shape index (κ2) is 11.3. The first-order chi connectivity index (χ1) is 16.1. The zero-order chi connectivity index (χ0) is 25.0. The van der Waals surface area contributed by atoms with Gasteiger partial charge in [0.25, 0.3) is 5.56 Å². The van der Waals surface area contributed by atoms with E-state index in [1.165, 1.54) is 10.9 Å². The fourth-order valence-corrected chi connectivity index (χ4v) is 4.05. The molecule has 0 bridgehead atoms. The molecule has 0 unspecified atom stereocenters. The third-order valence-corrected chi connectivity index (χ3v) is 6.38. The van der Waals surface area contributed by atoms with Crippen molar-refractivity contribution in [1.82, 2.24) is 9.66 Å². The molecule has 0 spiro atoms. The SMILES string of the molecule is CCOc1cc(C=Nn2c(C)nc3ccc(Br)cc3c2=O)c(Br)c(Cl)c1OCC(=O)OC(C)C. The third-order valence-electron chi connectivity index (χ3n) is 4.44. The van der Waals surface area contributed by atoms with Crippen molar-refractivity contribution in [2.45, 2.75) is 33.8 Å². The van der Waals surface area contributed by atoms with Gasteiger partial charge in [0.05, 0.1) is 29.8 Å². The summed E-state index contributed by atoms with van der Waals surface area (Å²) in [5.41, 5.74) is 0.805. The highest BCUT2D eigenvalue weighted by atomic mass is 79.9. The van der Waals surface area contributed by atoms with E-state index in [0.717, 1.165) is 4.47 Å². The van der Waals surface area contributed by atoms with Crippen molar-refractivity contribution in [3.63, 3.8) is 0 Å². The minimum atomic E-state index is -0.527. The normalized spacial score (nSPS) is 11.4. The Balaban J connectivity index is 1.99. The summed E-state index contributed by atoms with van der Waals surface area (Å²) in [6.45, 7) is 7.01. The fourth-order valence-electron chi connectivity index (χ4n) is 3.04. The molecule has 0 aliphatic rings. The predicted octanol–water partition coefficient (Wildman–Crippen LogP) is 5.49. The number of rotatable bonds is 8. The largest absolute Gasteiger partial charge is 0.490 e. The summed E-state index contributed by atoms with van der Waals surface area (Å²) in [5.74, 6) is 0.408. The van der Waals surface area contributed by atoms with Crippen LogP contribution in [0.4, 0.5) is 0 Å². The number of hydrogen-bond acceptors (Lipinski definition) is 7. The summed E-state index contributed by atoms with van der Waals surface area (Å²) < 4.78 is 18.8. The number of benzene rings is 2. The maximum Gasteiger partial charge on any atom is 0.344 e. The highest BCUT2D eigenvalue weighted by molar-refractivity contribution is 9.10. The Kier molecular flexibility index (Phi) is 8.72. The number of fused-ring (bicyclic) bond motifs is 1. The Bertz CT molecular complexity index is 1320. The van der Waals surface area contributed by atoms with Crippen molar-refractivity contribution in [3.8, 4) is 11.5 Å². The molecule has 2 aromatic carbocycles. The molecule has 180 valence electrons. The van der Waals surface area contributed by atoms with Gasteiger partial charge in [-0.25, -0.2) is 9.78 Å². The highest BCUT2D eigenvalue weighted by Crippen LogP contribution is 2.42. The summed E-state index contributed by atoms with van der Waals surface area (Å²) in [4.78, 5) is 29.3. The van der Waals surface area contributed by atoms with Gasteiger partial charge in [0.15, 0.2) is 18.1 Å². The topological polar surface area (TPSA) is 92.0 Å². The lowest BCUT2D eigenvalue weighted by Gasteiger charge is -2.16. The molecule has 11 heteroatoms. The molecule has 0 aliphatic carbocycles. The number of carbonyl (C=O) groups is 1. The molecular weight excluding hydrogens is 594 g/mol. The van der Waals surface area contributed by atoms with E-state index < -0.39 is 5.97 Å².